The van der Waals surface area contributed by atoms with E-state index in [4.69, 9.17) is 0 Å². The van der Waals surface area contributed by atoms with Gasteiger partial charge in [0.1, 0.15) is 5.75 Å². The zero-order valence-electron chi connectivity index (χ0n) is 11.8. The number of rotatable bonds is 4. The molecule has 1 saturated heterocycles. The van der Waals surface area contributed by atoms with E-state index < -0.39 is 12.8 Å². The van der Waals surface area contributed by atoms with Crippen LogP contribution in [0.15, 0.2) is 24.3 Å². The highest BCUT2D eigenvalue weighted by atomic mass is 35.5. The second-order valence-electron chi connectivity index (χ2n) is 4.94. The maximum absolute atomic E-state index is 12.0. The summed E-state index contributed by atoms with van der Waals surface area (Å²) in [6.07, 6.45) is -2.78. The molecule has 2 N–H and O–H groups in total. The van der Waals surface area contributed by atoms with Gasteiger partial charge in [-0.25, -0.2) is 0 Å². The Bertz CT molecular complexity index is 474. The Morgan fingerprint density at radius 2 is 1.82 bits per heavy atom. The van der Waals surface area contributed by atoms with Crippen LogP contribution >= 0.6 is 12.4 Å². The molecule has 124 valence electrons. The molecule has 1 fully saturated rings. The molecule has 1 heterocycles. The van der Waals surface area contributed by atoms with Crippen molar-refractivity contribution >= 4 is 24.0 Å². The first kappa shape index (κ1) is 18.6. The quantitative estimate of drug-likeness (QED) is 0.887. The molecule has 0 radical (unpaired) electrons. The number of anilines is 1. The number of ether oxygens (including phenoxy) is 1. The number of piperidine rings is 1. The SMILES string of the molecule is Cl.O=C(Nc1ccc(OCC(F)(F)F)cc1)C1CCNCC1. The summed E-state index contributed by atoms with van der Waals surface area (Å²) in [6.45, 7) is 0.318. The van der Waals surface area contributed by atoms with Crippen molar-refractivity contribution in [2.24, 2.45) is 5.92 Å². The van der Waals surface area contributed by atoms with E-state index in [2.05, 4.69) is 15.4 Å². The Morgan fingerprint density at radius 1 is 1.23 bits per heavy atom. The van der Waals surface area contributed by atoms with Gasteiger partial charge < -0.3 is 15.4 Å². The average Bonchev–Trinajstić information content (AvgIpc) is 2.46. The van der Waals surface area contributed by atoms with Crippen LogP contribution in [0.5, 0.6) is 5.75 Å². The second kappa shape index (κ2) is 8.24. The van der Waals surface area contributed by atoms with Crippen LogP contribution in [-0.4, -0.2) is 31.8 Å². The lowest BCUT2D eigenvalue weighted by Crippen LogP contribution is -2.34. The summed E-state index contributed by atoms with van der Waals surface area (Å²) in [5.41, 5.74) is 0.554. The van der Waals surface area contributed by atoms with Crippen LogP contribution < -0.4 is 15.4 Å². The zero-order chi connectivity index (χ0) is 15.3. The topological polar surface area (TPSA) is 50.4 Å². The molecule has 1 amide bonds. The lowest BCUT2D eigenvalue weighted by Gasteiger charge is -2.21. The molecule has 0 spiro atoms. The van der Waals surface area contributed by atoms with Crippen molar-refractivity contribution < 1.29 is 22.7 Å². The van der Waals surface area contributed by atoms with Crippen molar-refractivity contribution in [1.29, 1.82) is 0 Å². The van der Waals surface area contributed by atoms with E-state index in [0.717, 1.165) is 25.9 Å². The van der Waals surface area contributed by atoms with Gasteiger partial charge in [0.25, 0.3) is 0 Å². The lowest BCUT2D eigenvalue weighted by atomic mass is 9.97. The molecule has 0 aliphatic carbocycles. The lowest BCUT2D eigenvalue weighted by molar-refractivity contribution is -0.153. The normalized spacial score (nSPS) is 15.8. The first-order valence-corrected chi connectivity index (χ1v) is 6.75. The van der Waals surface area contributed by atoms with E-state index in [1.165, 1.54) is 24.3 Å². The van der Waals surface area contributed by atoms with Gasteiger partial charge in [-0.1, -0.05) is 0 Å². The standard InChI is InChI=1S/C14H17F3N2O2.ClH/c15-14(16,17)9-21-12-3-1-11(2-4-12)19-13(20)10-5-7-18-8-6-10;/h1-4,10,18H,5-9H2,(H,19,20);1H. The van der Waals surface area contributed by atoms with Crippen LogP contribution in [0.2, 0.25) is 0 Å². The molecular weight excluding hydrogens is 321 g/mol. The third-order valence-electron chi connectivity index (χ3n) is 3.23. The number of benzene rings is 1. The zero-order valence-corrected chi connectivity index (χ0v) is 12.6. The average molecular weight is 339 g/mol. The predicted molar refractivity (Wildman–Crippen MR) is 79.5 cm³/mol. The molecule has 1 aromatic rings. The van der Waals surface area contributed by atoms with Crippen LogP contribution in [0.25, 0.3) is 0 Å². The minimum Gasteiger partial charge on any atom is -0.484 e. The number of carbonyl (C=O) groups is 1. The van der Waals surface area contributed by atoms with Crippen molar-refractivity contribution in [2.45, 2.75) is 19.0 Å². The fraction of sp³-hybridized carbons (Fsp3) is 0.500. The number of alkyl halides is 3. The molecular formula is C14H18ClF3N2O2. The molecule has 8 heteroatoms. The Hall–Kier alpha value is -1.47. The largest absolute Gasteiger partial charge is 0.484 e. The fourth-order valence-corrected chi connectivity index (χ4v) is 2.13. The van der Waals surface area contributed by atoms with E-state index >= 15 is 0 Å². The monoisotopic (exact) mass is 338 g/mol. The van der Waals surface area contributed by atoms with Crippen molar-refractivity contribution in [3.8, 4) is 5.75 Å². The van der Waals surface area contributed by atoms with Gasteiger partial charge in [0.05, 0.1) is 0 Å². The van der Waals surface area contributed by atoms with Gasteiger partial charge in [-0.15, -0.1) is 12.4 Å². The maximum atomic E-state index is 12.0. The first-order chi connectivity index (χ1) is 9.94. The number of amides is 1. The number of hydrogen-bond acceptors (Lipinski definition) is 3. The molecule has 1 aromatic carbocycles. The number of carbonyl (C=O) groups excluding carboxylic acids is 1. The highest BCUT2D eigenvalue weighted by Crippen LogP contribution is 2.21. The Balaban J connectivity index is 0.00000242. The summed E-state index contributed by atoms with van der Waals surface area (Å²) < 4.78 is 40.6. The van der Waals surface area contributed by atoms with Crippen molar-refractivity contribution in [1.82, 2.24) is 5.32 Å². The van der Waals surface area contributed by atoms with Crippen molar-refractivity contribution in [3.05, 3.63) is 24.3 Å². The summed E-state index contributed by atoms with van der Waals surface area (Å²) in [5.74, 6) is 0.0417. The van der Waals surface area contributed by atoms with Gasteiger partial charge >= 0.3 is 6.18 Å². The summed E-state index contributed by atoms with van der Waals surface area (Å²) in [6, 6.07) is 5.88. The summed E-state index contributed by atoms with van der Waals surface area (Å²) >= 11 is 0. The van der Waals surface area contributed by atoms with Crippen LogP contribution in [0.3, 0.4) is 0 Å². The third-order valence-corrected chi connectivity index (χ3v) is 3.23. The number of halogens is 4. The van der Waals surface area contributed by atoms with Gasteiger partial charge in [0.15, 0.2) is 6.61 Å². The number of hydrogen-bond donors (Lipinski definition) is 2. The predicted octanol–water partition coefficient (Wildman–Crippen LogP) is 2.99. The van der Waals surface area contributed by atoms with E-state index in [1.54, 1.807) is 0 Å². The molecule has 1 aliphatic rings. The molecule has 2 rings (SSSR count). The van der Waals surface area contributed by atoms with Gasteiger partial charge in [-0.3, -0.25) is 4.79 Å². The van der Waals surface area contributed by atoms with Gasteiger partial charge in [-0.05, 0) is 50.2 Å². The molecule has 22 heavy (non-hydrogen) atoms. The Labute approximate surface area is 132 Å². The number of nitrogens with one attached hydrogen (secondary N) is 2. The molecule has 0 atom stereocenters. The van der Waals surface area contributed by atoms with Crippen LogP contribution in [0.1, 0.15) is 12.8 Å². The molecule has 0 unspecified atom stereocenters. The highest BCUT2D eigenvalue weighted by molar-refractivity contribution is 5.92. The first-order valence-electron chi connectivity index (χ1n) is 6.75. The molecule has 0 bridgehead atoms. The minimum atomic E-state index is -4.36. The van der Waals surface area contributed by atoms with E-state index in [0.29, 0.717) is 5.69 Å². The van der Waals surface area contributed by atoms with Gasteiger partial charge in [0.2, 0.25) is 5.91 Å². The maximum Gasteiger partial charge on any atom is 0.422 e. The van der Waals surface area contributed by atoms with Crippen LogP contribution in [0, 0.1) is 5.92 Å². The second-order valence-corrected chi connectivity index (χ2v) is 4.94. The van der Waals surface area contributed by atoms with Gasteiger partial charge in [0, 0.05) is 11.6 Å². The van der Waals surface area contributed by atoms with Crippen molar-refractivity contribution in [2.75, 3.05) is 25.0 Å². The molecule has 1 aliphatic heterocycles. The minimum absolute atomic E-state index is 0. The highest BCUT2D eigenvalue weighted by Gasteiger charge is 2.28. The van der Waals surface area contributed by atoms with Crippen LogP contribution in [0.4, 0.5) is 18.9 Å². The van der Waals surface area contributed by atoms with E-state index in [1.807, 2.05) is 0 Å². The molecule has 4 nitrogen and oxygen atoms in total. The summed E-state index contributed by atoms with van der Waals surface area (Å²) in [5, 5.41) is 5.95. The molecule has 0 aromatic heterocycles. The molecule has 0 saturated carbocycles. The van der Waals surface area contributed by atoms with Gasteiger partial charge in [-0.2, -0.15) is 13.2 Å². The fourth-order valence-electron chi connectivity index (χ4n) is 2.13. The smallest absolute Gasteiger partial charge is 0.422 e. The summed E-state index contributed by atoms with van der Waals surface area (Å²) in [7, 11) is 0. The van der Waals surface area contributed by atoms with E-state index in [9.17, 15) is 18.0 Å². The Morgan fingerprint density at radius 3 is 2.36 bits per heavy atom. The van der Waals surface area contributed by atoms with E-state index in [-0.39, 0.29) is 30.0 Å². The Kier molecular flexibility index (Phi) is 6.96. The van der Waals surface area contributed by atoms with Crippen molar-refractivity contribution in [3.63, 3.8) is 0 Å². The third kappa shape index (κ3) is 6.11. The van der Waals surface area contributed by atoms with Crippen LogP contribution in [-0.2, 0) is 4.79 Å². The summed E-state index contributed by atoms with van der Waals surface area (Å²) in [4.78, 5) is 12.0.